The molecule has 0 unspecified atom stereocenters. The molecule has 3 aromatic rings. The summed E-state index contributed by atoms with van der Waals surface area (Å²) >= 11 is 1.68. The zero-order valence-corrected chi connectivity index (χ0v) is 21.0. The van der Waals surface area contributed by atoms with Crippen molar-refractivity contribution in [2.24, 2.45) is 5.92 Å². The average molecular weight is 495 g/mol. The topological polar surface area (TPSA) is 49.9 Å². The van der Waals surface area contributed by atoms with Crippen LogP contribution in [0.5, 0.6) is 5.75 Å². The Morgan fingerprint density at radius 3 is 2.71 bits per heavy atom. The van der Waals surface area contributed by atoms with E-state index in [4.69, 9.17) is 4.74 Å². The van der Waals surface area contributed by atoms with E-state index < -0.39 is 0 Å². The molecule has 0 bridgehead atoms. The maximum Gasteiger partial charge on any atom is 0.254 e. The number of fused-ring (bicyclic) bond motifs is 1. The molecule has 0 N–H and O–H groups in total. The Labute approximate surface area is 210 Å². The largest absolute Gasteiger partial charge is 0.491 e. The van der Waals surface area contributed by atoms with Gasteiger partial charge in [0.15, 0.2) is 0 Å². The van der Waals surface area contributed by atoms with Crippen LogP contribution in [0.25, 0.3) is 0 Å². The fraction of sp³-hybridized carbons (Fsp3) is 0.357. The zero-order valence-electron chi connectivity index (χ0n) is 20.2. The van der Waals surface area contributed by atoms with Crippen LogP contribution in [0.1, 0.15) is 47.1 Å². The Balaban J connectivity index is 1.54. The van der Waals surface area contributed by atoms with Crippen molar-refractivity contribution >= 4 is 23.2 Å². The van der Waals surface area contributed by atoms with Crippen molar-refractivity contribution in [3.8, 4) is 5.75 Å². The molecular formula is C28H31FN2O3S. The third-order valence-electron chi connectivity index (χ3n) is 6.48. The van der Waals surface area contributed by atoms with E-state index in [0.29, 0.717) is 24.4 Å². The smallest absolute Gasteiger partial charge is 0.254 e. The molecule has 2 aromatic carbocycles. The van der Waals surface area contributed by atoms with Gasteiger partial charge in [0.2, 0.25) is 5.91 Å². The monoisotopic (exact) mass is 494 g/mol. The molecule has 1 aromatic heterocycles. The summed E-state index contributed by atoms with van der Waals surface area (Å²) in [5.74, 6) is 0.0857. The average Bonchev–Trinajstić information content (AvgIpc) is 3.36. The normalized spacial score (nSPS) is 15.9. The highest BCUT2D eigenvalue weighted by Gasteiger charge is 2.34. The molecule has 1 aliphatic heterocycles. The van der Waals surface area contributed by atoms with Gasteiger partial charge in [-0.15, -0.1) is 11.3 Å². The molecule has 5 nitrogen and oxygen atoms in total. The number of amides is 2. The Morgan fingerprint density at radius 2 is 1.97 bits per heavy atom. The molecule has 0 spiro atoms. The molecule has 0 saturated carbocycles. The van der Waals surface area contributed by atoms with Crippen LogP contribution in [-0.4, -0.2) is 47.9 Å². The molecule has 0 saturated heterocycles. The second kappa shape index (κ2) is 11.5. The van der Waals surface area contributed by atoms with Crippen LogP contribution in [0.15, 0.2) is 66.0 Å². The summed E-state index contributed by atoms with van der Waals surface area (Å²) in [6.45, 7) is 5.47. The van der Waals surface area contributed by atoms with Gasteiger partial charge in [0.05, 0.1) is 6.04 Å². The molecule has 4 rings (SSSR count). The van der Waals surface area contributed by atoms with E-state index in [1.165, 1.54) is 17.0 Å². The Kier molecular flexibility index (Phi) is 8.18. The summed E-state index contributed by atoms with van der Waals surface area (Å²) < 4.78 is 19.6. The molecular weight excluding hydrogens is 463 g/mol. The first-order valence-electron chi connectivity index (χ1n) is 12.0. The number of rotatable bonds is 9. The van der Waals surface area contributed by atoms with Crippen LogP contribution in [0.4, 0.5) is 4.39 Å². The van der Waals surface area contributed by atoms with Crippen molar-refractivity contribution < 1.29 is 18.7 Å². The number of ether oxygens (including phenoxy) is 1. The van der Waals surface area contributed by atoms with Crippen LogP contribution >= 0.6 is 11.3 Å². The summed E-state index contributed by atoms with van der Waals surface area (Å²) in [5.41, 5.74) is 1.64. The maximum absolute atomic E-state index is 13.6. The predicted octanol–water partition coefficient (Wildman–Crippen LogP) is 5.58. The van der Waals surface area contributed by atoms with Gasteiger partial charge in [-0.3, -0.25) is 9.59 Å². The van der Waals surface area contributed by atoms with Crippen molar-refractivity contribution in [1.82, 2.24) is 9.80 Å². The minimum Gasteiger partial charge on any atom is -0.491 e. The number of hydrogen-bond donors (Lipinski definition) is 0. The van der Waals surface area contributed by atoms with Crippen molar-refractivity contribution in [2.75, 3.05) is 26.2 Å². The van der Waals surface area contributed by atoms with E-state index in [0.717, 1.165) is 18.4 Å². The van der Waals surface area contributed by atoms with E-state index in [1.807, 2.05) is 34.5 Å². The highest BCUT2D eigenvalue weighted by atomic mass is 32.1. The standard InChI is InChI=1S/C28H31FN2O3S/c1-3-20(2)17-30(28(33)21-8-5-4-6-9-21)18-27(32)31-14-12-26-24(13-15-35-26)25(31)19-34-23-11-7-10-22(29)16-23/h4-11,13,15-16,20,25H,3,12,14,17-19H2,1-2H3/t20-,25+/m1/s1. The number of hydrogen-bond acceptors (Lipinski definition) is 4. The summed E-state index contributed by atoms with van der Waals surface area (Å²) in [4.78, 5) is 31.7. The molecule has 2 amide bonds. The highest BCUT2D eigenvalue weighted by Crippen LogP contribution is 2.34. The van der Waals surface area contributed by atoms with Crippen LogP contribution in [0.2, 0.25) is 0 Å². The van der Waals surface area contributed by atoms with Gasteiger partial charge in [0, 0.05) is 29.6 Å². The van der Waals surface area contributed by atoms with Crippen LogP contribution in [-0.2, 0) is 11.2 Å². The van der Waals surface area contributed by atoms with Crippen LogP contribution in [0.3, 0.4) is 0 Å². The predicted molar refractivity (Wildman–Crippen MR) is 136 cm³/mol. The number of carbonyl (C=O) groups excluding carboxylic acids is 2. The fourth-order valence-electron chi connectivity index (χ4n) is 4.35. The van der Waals surface area contributed by atoms with Crippen molar-refractivity contribution in [3.63, 3.8) is 0 Å². The summed E-state index contributed by atoms with van der Waals surface area (Å²) in [6.07, 6.45) is 1.69. The molecule has 35 heavy (non-hydrogen) atoms. The van der Waals surface area contributed by atoms with Crippen LogP contribution in [0, 0.1) is 11.7 Å². The third kappa shape index (κ3) is 6.09. The summed E-state index contributed by atoms with van der Waals surface area (Å²) in [5, 5.41) is 2.03. The van der Waals surface area contributed by atoms with Gasteiger partial charge in [0.25, 0.3) is 5.91 Å². The minimum absolute atomic E-state index is 0.00794. The lowest BCUT2D eigenvalue weighted by Crippen LogP contribution is -2.48. The van der Waals surface area contributed by atoms with Gasteiger partial charge in [-0.05, 0) is 53.6 Å². The Morgan fingerprint density at radius 1 is 1.17 bits per heavy atom. The lowest BCUT2D eigenvalue weighted by atomic mass is 10.00. The minimum atomic E-state index is -0.365. The van der Waals surface area contributed by atoms with Crippen molar-refractivity contribution in [2.45, 2.75) is 32.7 Å². The lowest BCUT2D eigenvalue weighted by molar-refractivity contribution is -0.135. The molecule has 2 heterocycles. The van der Waals surface area contributed by atoms with Gasteiger partial charge < -0.3 is 14.5 Å². The molecule has 0 fully saturated rings. The van der Waals surface area contributed by atoms with Crippen LogP contribution < -0.4 is 4.74 Å². The number of carbonyl (C=O) groups is 2. The third-order valence-corrected chi connectivity index (χ3v) is 7.48. The molecule has 0 radical (unpaired) electrons. The molecule has 1 aliphatic rings. The summed E-state index contributed by atoms with van der Waals surface area (Å²) in [6, 6.07) is 16.9. The number of thiophene rings is 1. The molecule has 0 aliphatic carbocycles. The van der Waals surface area contributed by atoms with E-state index in [1.54, 1.807) is 40.5 Å². The van der Waals surface area contributed by atoms with Gasteiger partial charge in [-0.1, -0.05) is 44.5 Å². The number of benzene rings is 2. The number of nitrogens with zero attached hydrogens (tertiary/aromatic N) is 2. The second-order valence-electron chi connectivity index (χ2n) is 8.99. The van der Waals surface area contributed by atoms with Gasteiger partial charge in [0.1, 0.15) is 24.7 Å². The Hall–Kier alpha value is -3.19. The van der Waals surface area contributed by atoms with E-state index >= 15 is 0 Å². The Bertz CT molecular complexity index is 1150. The van der Waals surface area contributed by atoms with Gasteiger partial charge in [-0.25, -0.2) is 4.39 Å². The van der Waals surface area contributed by atoms with E-state index in [9.17, 15) is 14.0 Å². The highest BCUT2D eigenvalue weighted by molar-refractivity contribution is 7.10. The zero-order chi connectivity index (χ0) is 24.8. The van der Waals surface area contributed by atoms with Crippen molar-refractivity contribution in [1.29, 1.82) is 0 Å². The van der Waals surface area contributed by atoms with E-state index in [-0.39, 0.29) is 42.7 Å². The van der Waals surface area contributed by atoms with Gasteiger partial charge in [-0.2, -0.15) is 0 Å². The fourth-order valence-corrected chi connectivity index (χ4v) is 5.28. The first kappa shape index (κ1) is 24.9. The summed E-state index contributed by atoms with van der Waals surface area (Å²) in [7, 11) is 0. The maximum atomic E-state index is 13.6. The molecule has 7 heteroatoms. The first-order chi connectivity index (χ1) is 17.0. The quantitative estimate of drug-likeness (QED) is 0.390. The first-order valence-corrected chi connectivity index (χ1v) is 12.9. The van der Waals surface area contributed by atoms with E-state index in [2.05, 4.69) is 13.8 Å². The van der Waals surface area contributed by atoms with Gasteiger partial charge >= 0.3 is 0 Å². The molecule has 2 atom stereocenters. The van der Waals surface area contributed by atoms with Crippen molar-refractivity contribution in [3.05, 3.63) is 87.9 Å². The number of halogens is 1. The lowest BCUT2D eigenvalue weighted by Gasteiger charge is -2.37. The SMILES string of the molecule is CC[C@@H](C)CN(CC(=O)N1CCc2sccc2[C@@H]1COc1cccc(F)c1)C(=O)c1ccccc1. The molecule has 184 valence electrons. The second-order valence-corrected chi connectivity index (χ2v) is 9.99.